The summed E-state index contributed by atoms with van der Waals surface area (Å²) >= 11 is 5.95. The van der Waals surface area contributed by atoms with Gasteiger partial charge in [0, 0.05) is 6.04 Å². The van der Waals surface area contributed by atoms with Crippen molar-refractivity contribution in [3.8, 4) is 6.07 Å². The van der Waals surface area contributed by atoms with E-state index in [2.05, 4.69) is 5.32 Å². The molecular formula is C13H16ClN3O. The van der Waals surface area contributed by atoms with Crippen LogP contribution in [-0.2, 0) is 4.79 Å². The summed E-state index contributed by atoms with van der Waals surface area (Å²) in [6.07, 6.45) is 0. The monoisotopic (exact) mass is 265 g/mol. The number of carbonyl (C=O) groups excluding carboxylic acids is 1. The molecule has 0 saturated heterocycles. The van der Waals surface area contributed by atoms with Crippen LogP contribution in [0.15, 0.2) is 24.3 Å². The Balaban J connectivity index is 2.61. The molecule has 1 amide bonds. The number of rotatable bonds is 5. The van der Waals surface area contributed by atoms with Crippen molar-refractivity contribution in [1.82, 2.24) is 4.90 Å². The summed E-state index contributed by atoms with van der Waals surface area (Å²) in [5, 5.41) is 11.9. The van der Waals surface area contributed by atoms with Gasteiger partial charge >= 0.3 is 0 Å². The summed E-state index contributed by atoms with van der Waals surface area (Å²) in [6.45, 7) is 4.30. The third kappa shape index (κ3) is 4.36. The molecule has 4 nitrogen and oxygen atoms in total. The van der Waals surface area contributed by atoms with Crippen LogP contribution >= 0.6 is 11.6 Å². The molecule has 0 aliphatic rings. The number of nitrogens with one attached hydrogen (secondary N) is 1. The highest BCUT2D eigenvalue weighted by atomic mass is 35.5. The SMILES string of the molecule is CC(C)N(CC#N)CC(=O)Nc1ccccc1Cl. The Bertz CT molecular complexity index is 454. The molecule has 5 heteroatoms. The lowest BCUT2D eigenvalue weighted by Gasteiger charge is -2.22. The normalized spacial score (nSPS) is 10.4. The fraction of sp³-hybridized carbons (Fsp3) is 0.385. The van der Waals surface area contributed by atoms with Crippen LogP contribution in [0.2, 0.25) is 5.02 Å². The molecule has 96 valence electrons. The molecule has 0 heterocycles. The van der Waals surface area contributed by atoms with E-state index in [9.17, 15) is 4.79 Å². The fourth-order valence-corrected chi connectivity index (χ4v) is 1.63. The average Bonchev–Trinajstić information content (AvgIpc) is 2.31. The van der Waals surface area contributed by atoms with Gasteiger partial charge < -0.3 is 5.32 Å². The standard InChI is InChI=1S/C13H16ClN3O/c1-10(2)17(8-7-15)9-13(18)16-12-6-4-3-5-11(12)14/h3-6,10H,8-9H2,1-2H3,(H,16,18). The summed E-state index contributed by atoms with van der Waals surface area (Å²) in [7, 11) is 0. The van der Waals surface area contributed by atoms with E-state index < -0.39 is 0 Å². The third-order valence-electron chi connectivity index (χ3n) is 2.50. The van der Waals surface area contributed by atoms with Gasteiger partial charge in [0.05, 0.1) is 29.9 Å². The van der Waals surface area contributed by atoms with E-state index in [1.165, 1.54) is 0 Å². The molecule has 1 aromatic rings. The zero-order chi connectivity index (χ0) is 13.5. The van der Waals surface area contributed by atoms with E-state index in [1.807, 2.05) is 19.9 Å². The van der Waals surface area contributed by atoms with E-state index in [4.69, 9.17) is 16.9 Å². The largest absolute Gasteiger partial charge is 0.324 e. The van der Waals surface area contributed by atoms with Gasteiger partial charge in [0.25, 0.3) is 0 Å². The predicted octanol–water partition coefficient (Wildman–Crippen LogP) is 2.51. The van der Waals surface area contributed by atoms with Crippen LogP contribution in [0.1, 0.15) is 13.8 Å². The topological polar surface area (TPSA) is 56.1 Å². The van der Waals surface area contributed by atoms with Gasteiger partial charge in [-0.15, -0.1) is 0 Å². The minimum absolute atomic E-state index is 0.140. The summed E-state index contributed by atoms with van der Waals surface area (Å²) in [5.74, 6) is -0.174. The zero-order valence-corrected chi connectivity index (χ0v) is 11.2. The van der Waals surface area contributed by atoms with Crippen molar-refractivity contribution in [3.63, 3.8) is 0 Å². The number of nitrogens with zero attached hydrogens (tertiary/aromatic N) is 2. The van der Waals surface area contributed by atoms with E-state index in [0.29, 0.717) is 10.7 Å². The first-order chi connectivity index (χ1) is 8.54. The number of carbonyl (C=O) groups is 1. The summed E-state index contributed by atoms with van der Waals surface area (Å²) in [5.41, 5.74) is 0.588. The summed E-state index contributed by atoms with van der Waals surface area (Å²) in [4.78, 5) is 13.6. The van der Waals surface area contributed by atoms with Crippen molar-refractivity contribution in [2.45, 2.75) is 19.9 Å². The molecule has 18 heavy (non-hydrogen) atoms. The van der Waals surface area contributed by atoms with Gasteiger partial charge in [-0.1, -0.05) is 23.7 Å². The highest BCUT2D eigenvalue weighted by Gasteiger charge is 2.14. The first-order valence-electron chi connectivity index (χ1n) is 5.70. The lowest BCUT2D eigenvalue weighted by Crippen LogP contribution is -2.38. The minimum Gasteiger partial charge on any atom is -0.324 e. The van der Waals surface area contributed by atoms with E-state index in [1.54, 1.807) is 29.2 Å². The maximum absolute atomic E-state index is 11.8. The summed E-state index contributed by atoms with van der Waals surface area (Å²) in [6, 6.07) is 9.25. The van der Waals surface area contributed by atoms with E-state index in [-0.39, 0.29) is 25.0 Å². The number of para-hydroxylation sites is 1. The van der Waals surface area contributed by atoms with Crippen LogP contribution in [0, 0.1) is 11.3 Å². The quantitative estimate of drug-likeness (QED) is 0.833. The van der Waals surface area contributed by atoms with Crippen LogP contribution in [0.25, 0.3) is 0 Å². The molecule has 1 rings (SSSR count). The van der Waals surface area contributed by atoms with E-state index in [0.717, 1.165) is 0 Å². The van der Waals surface area contributed by atoms with Gasteiger partial charge in [-0.3, -0.25) is 9.69 Å². The Morgan fingerprint density at radius 2 is 2.17 bits per heavy atom. The van der Waals surface area contributed by atoms with Crippen LogP contribution in [0.5, 0.6) is 0 Å². The molecular weight excluding hydrogens is 250 g/mol. The molecule has 0 atom stereocenters. The molecule has 1 N–H and O–H groups in total. The Morgan fingerprint density at radius 1 is 1.50 bits per heavy atom. The maximum atomic E-state index is 11.8. The van der Waals surface area contributed by atoms with Gasteiger partial charge in [0.1, 0.15) is 0 Å². The van der Waals surface area contributed by atoms with Gasteiger partial charge in [0.15, 0.2) is 0 Å². The lowest BCUT2D eigenvalue weighted by atomic mass is 10.3. The van der Waals surface area contributed by atoms with Crippen molar-refractivity contribution in [2.24, 2.45) is 0 Å². The number of nitriles is 1. The Kier molecular flexibility index (Phi) is 5.63. The second-order valence-electron chi connectivity index (χ2n) is 4.18. The molecule has 1 aromatic carbocycles. The van der Waals surface area contributed by atoms with Gasteiger partial charge in [-0.2, -0.15) is 5.26 Å². The first kappa shape index (κ1) is 14.5. The Morgan fingerprint density at radius 3 is 2.72 bits per heavy atom. The number of hydrogen-bond donors (Lipinski definition) is 1. The van der Waals surface area contributed by atoms with Gasteiger partial charge in [-0.05, 0) is 26.0 Å². The number of amides is 1. The second kappa shape index (κ2) is 7.00. The highest BCUT2D eigenvalue weighted by Crippen LogP contribution is 2.20. The van der Waals surface area contributed by atoms with Crippen molar-refractivity contribution in [2.75, 3.05) is 18.4 Å². The van der Waals surface area contributed by atoms with Crippen LogP contribution in [0.3, 0.4) is 0 Å². The lowest BCUT2D eigenvalue weighted by molar-refractivity contribution is -0.117. The summed E-state index contributed by atoms with van der Waals surface area (Å²) < 4.78 is 0. The maximum Gasteiger partial charge on any atom is 0.238 e. The first-order valence-corrected chi connectivity index (χ1v) is 6.07. The van der Waals surface area contributed by atoms with Crippen LogP contribution in [0.4, 0.5) is 5.69 Å². The molecule has 0 aliphatic carbocycles. The molecule has 0 bridgehead atoms. The third-order valence-corrected chi connectivity index (χ3v) is 2.83. The Labute approximate surface area is 112 Å². The smallest absolute Gasteiger partial charge is 0.238 e. The van der Waals surface area contributed by atoms with Crippen LogP contribution in [-0.4, -0.2) is 29.9 Å². The van der Waals surface area contributed by atoms with Crippen molar-refractivity contribution < 1.29 is 4.79 Å². The molecule has 0 fully saturated rings. The Hall–Kier alpha value is -1.57. The number of benzene rings is 1. The molecule has 0 aromatic heterocycles. The highest BCUT2D eigenvalue weighted by molar-refractivity contribution is 6.33. The average molecular weight is 266 g/mol. The van der Waals surface area contributed by atoms with Crippen LogP contribution < -0.4 is 5.32 Å². The number of halogens is 1. The zero-order valence-electron chi connectivity index (χ0n) is 10.5. The molecule has 0 unspecified atom stereocenters. The van der Waals surface area contributed by atoms with Crippen molar-refractivity contribution >= 4 is 23.2 Å². The van der Waals surface area contributed by atoms with Gasteiger partial charge in [0.2, 0.25) is 5.91 Å². The molecule has 0 aliphatic heterocycles. The van der Waals surface area contributed by atoms with Crippen molar-refractivity contribution in [1.29, 1.82) is 5.26 Å². The van der Waals surface area contributed by atoms with Crippen molar-refractivity contribution in [3.05, 3.63) is 29.3 Å². The molecule has 0 radical (unpaired) electrons. The fourth-order valence-electron chi connectivity index (χ4n) is 1.45. The van der Waals surface area contributed by atoms with E-state index >= 15 is 0 Å². The number of hydrogen-bond acceptors (Lipinski definition) is 3. The second-order valence-corrected chi connectivity index (χ2v) is 4.59. The predicted molar refractivity (Wildman–Crippen MR) is 72.4 cm³/mol. The van der Waals surface area contributed by atoms with Gasteiger partial charge in [-0.25, -0.2) is 0 Å². The molecule has 0 spiro atoms. The minimum atomic E-state index is -0.174. The number of anilines is 1. The molecule has 0 saturated carbocycles.